The van der Waals surface area contributed by atoms with E-state index in [1.165, 1.54) is 6.20 Å². The average Bonchev–Trinajstić information content (AvgIpc) is 2.20. The van der Waals surface area contributed by atoms with E-state index in [1.54, 1.807) is 18.3 Å². The van der Waals surface area contributed by atoms with Crippen molar-refractivity contribution in [3.8, 4) is 0 Å². The summed E-state index contributed by atoms with van der Waals surface area (Å²) in [7, 11) is 0. The van der Waals surface area contributed by atoms with Gasteiger partial charge < -0.3 is 16.8 Å². The second-order valence-electron chi connectivity index (χ2n) is 2.69. The minimum atomic E-state index is 0.594. The smallest absolute Gasteiger partial charge is 0.153 e. The van der Waals surface area contributed by atoms with Crippen LogP contribution in [0.3, 0.4) is 0 Å². The second-order valence-corrected chi connectivity index (χ2v) is 2.69. The number of allylic oxidation sites excluding steroid dienone is 2. The highest BCUT2D eigenvalue weighted by atomic mass is 15.0. The number of nitrogens with zero attached hydrogens (tertiary/aromatic N) is 1. The maximum atomic E-state index is 5.70. The van der Waals surface area contributed by atoms with Crippen molar-refractivity contribution in [3.05, 3.63) is 42.4 Å². The summed E-state index contributed by atoms with van der Waals surface area (Å²) in [5, 5.41) is 3.01. The van der Waals surface area contributed by atoms with Gasteiger partial charge in [0.25, 0.3) is 0 Å². The van der Waals surface area contributed by atoms with Gasteiger partial charge in [0.2, 0.25) is 0 Å². The van der Waals surface area contributed by atoms with Gasteiger partial charge >= 0.3 is 0 Å². The number of nitrogens with two attached hydrogens (primary N) is 2. The van der Waals surface area contributed by atoms with Crippen molar-refractivity contribution in [2.75, 3.05) is 11.1 Å². The molecule has 4 heteroatoms. The zero-order chi connectivity index (χ0) is 10.4. The molecule has 0 bridgehead atoms. The SMILES string of the molecule is C/C=C\C(=C/N)Nc1ncccc1N. The third-order valence-corrected chi connectivity index (χ3v) is 1.63. The van der Waals surface area contributed by atoms with Crippen molar-refractivity contribution >= 4 is 11.5 Å². The topological polar surface area (TPSA) is 77.0 Å². The lowest BCUT2D eigenvalue weighted by Gasteiger charge is -2.07. The number of hydrogen-bond acceptors (Lipinski definition) is 4. The molecule has 0 saturated heterocycles. The molecule has 0 atom stereocenters. The molecule has 0 unspecified atom stereocenters. The van der Waals surface area contributed by atoms with E-state index >= 15 is 0 Å². The van der Waals surface area contributed by atoms with Gasteiger partial charge in [-0.05, 0) is 25.1 Å². The summed E-state index contributed by atoms with van der Waals surface area (Å²) in [6.45, 7) is 1.91. The highest BCUT2D eigenvalue weighted by molar-refractivity contribution is 5.63. The number of rotatable bonds is 3. The molecule has 0 aliphatic carbocycles. The molecule has 0 spiro atoms. The van der Waals surface area contributed by atoms with Crippen LogP contribution in [0.5, 0.6) is 0 Å². The Morgan fingerprint density at radius 2 is 2.36 bits per heavy atom. The van der Waals surface area contributed by atoms with Gasteiger partial charge in [-0.2, -0.15) is 0 Å². The van der Waals surface area contributed by atoms with Crippen LogP contribution in [0.15, 0.2) is 42.4 Å². The Balaban J connectivity index is 2.83. The second kappa shape index (κ2) is 4.91. The van der Waals surface area contributed by atoms with Crippen molar-refractivity contribution in [3.63, 3.8) is 0 Å². The van der Waals surface area contributed by atoms with Gasteiger partial charge in [0.05, 0.1) is 11.4 Å². The van der Waals surface area contributed by atoms with Crippen LogP contribution in [-0.2, 0) is 0 Å². The molecule has 74 valence electrons. The minimum Gasteiger partial charge on any atom is -0.403 e. The van der Waals surface area contributed by atoms with E-state index in [4.69, 9.17) is 11.5 Å². The van der Waals surface area contributed by atoms with Crippen LogP contribution in [-0.4, -0.2) is 4.98 Å². The normalized spacial score (nSPS) is 11.9. The first-order valence-corrected chi connectivity index (χ1v) is 4.30. The third kappa shape index (κ3) is 2.52. The standard InChI is InChI=1S/C10H14N4/c1-2-4-8(7-11)14-10-9(12)5-3-6-13-10/h2-7H,11-12H2,1H3,(H,13,14)/b4-2-,8-7+. The lowest BCUT2D eigenvalue weighted by atomic mass is 10.3. The van der Waals surface area contributed by atoms with Crippen molar-refractivity contribution < 1.29 is 0 Å². The van der Waals surface area contributed by atoms with Gasteiger partial charge in [0.15, 0.2) is 5.82 Å². The summed E-state index contributed by atoms with van der Waals surface area (Å²) in [6.07, 6.45) is 6.86. The Hall–Kier alpha value is -1.97. The van der Waals surface area contributed by atoms with Crippen molar-refractivity contribution in [2.45, 2.75) is 6.92 Å². The highest BCUT2D eigenvalue weighted by Crippen LogP contribution is 2.15. The predicted molar refractivity (Wildman–Crippen MR) is 59.4 cm³/mol. The van der Waals surface area contributed by atoms with Crippen LogP contribution in [0.4, 0.5) is 11.5 Å². The van der Waals surface area contributed by atoms with Gasteiger partial charge in [-0.15, -0.1) is 0 Å². The number of nitrogens with one attached hydrogen (secondary N) is 1. The van der Waals surface area contributed by atoms with E-state index in [2.05, 4.69) is 10.3 Å². The van der Waals surface area contributed by atoms with Crippen LogP contribution in [0.25, 0.3) is 0 Å². The maximum absolute atomic E-state index is 5.70. The largest absolute Gasteiger partial charge is 0.403 e. The number of anilines is 2. The summed E-state index contributed by atoms with van der Waals surface area (Å²) in [5.74, 6) is 0.613. The fourth-order valence-electron chi connectivity index (χ4n) is 0.977. The van der Waals surface area contributed by atoms with Gasteiger partial charge in [0.1, 0.15) is 0 Å². The fraction of sp³-hybridized carbons (Fsp3) is 0.100. The molecule has 0 aromatic carbocycles. The van der Waals surface area contributed by atoms with E-state index in [0.29, 0.717) is 11.5 Å². The zero-order valence-corrected chi connectivity index (χ0v) is 8.07. The number of hydrogen-bond donors (Lipinski definition) is 3. The first-order chi connectivity index (χ1) is 6.77. The molecular weight excluding hydrogens is 176 g/mol. The highest BCUT2D eigenvalue weighted by Gasteiger charge is 1.98. The van der Waals surface area contributed by atoms with Crippen molar-refractivity contribution in [1.29, 1.82) is 0 Å². The minimum absolute atomic E-state index is 0.594. The number of pyridine rings is 1. The molecule has 1 aromatic heterocycles. The van der Waals surface area contributed by atoms with Gasteiger partial charge in [-0.25, -0.2) is 4.98 Å². The molecule has 0 radical (unpaired) electrons. The molecule has 1 heterocycles. The van der Waals surface area contributed by atoms with Crippen molar-refractivity contribution in [1.82, 2.24) is 4.98 Å². The van der Waals surface area contributed by atoms with E-state index in [1.807, 2.05) is 19.1 Å². The predicted octanol–water partition coefficient (Wildman–Crippen LogP) is 1.45. The van der Waals surface area contributed by atoms with Crippen LogP contribution in [0, 0.1) is 0 Å². The fourth-order valence-corrected chi connectivity index (χ4v) is 0.977. The summed E-state index contributed by atoms with van der Waals surface area (Å²) in [6, 6.07) is 3.56. The van der Waals surface area contributed by atoms with E-state index in [0.717, 1.165) is 5.70 Å². The molecular formula is C10H14N4. The third-order valence-electron chi connectivity index (χ3n) is 1.63. The van der Waals surface area contributed by atoms with Gasteiger partial charge in [-0.3, -0.25) is 0 Å². The van der Waals surface area contributed by atoms with Crippen LogP contribution >= 0.6 is 0 Å². The lowest BCUT2D eigenvalue weighted by molar-refractivity contribution is 1.28. The summed E-state index contributed by atoms with van der Waals surface area (Å²) < 4.78 is 0. The van der Waals surface area contributed by atoms with E-state index < -0.39 is 0 Å². The molecule has 0 fully saturated rings. The van der Waals surface area contributed by atoms with E-state index in [9.17, 15) is 0 Å². The first kappa shape index (κ1) is 10.1. The molecule has 0 aliphatic heterocycles. The van der Waals surface area contributed by atoms with Crippen LogP contribution in [0.1, 0.15) is 6.92 Å². The molecule has 14 heavy (non-hydrogen) atoms. The summed E-state index contributed by atoms with van der Waals surface area (Å²) in [5.41, 5.74) is 12.5. The summed E-state index contributed by atoms with van der Waals surface area (Å²) in [4.78, 5) is 4.08. The Kier molecular flexibility index (Phi) is 3.55. The van der Waals surface area contributed by atoms with Gasteiger partial charge in [-0.1, -0.05) is 6.08 Å². The molecule has 1 aromatic rings. The molecule has 0 aliphatic rings. The average molecular weight is 190 g/mol. The molecule has 5 N–H and O–H groups in total. The Morgan fingerprint density at radius 3 is 2.93 bits per heavy atom. The Labute approximate surface area is 83.3 Å². The van der Waals surface area contributed by atoms with Gasteiger partial charge in [0, 0.05) is 12.4 Å². The maximum Gasteiger partial charge on any atom is 0.153 e. The molecule has 0 amide bonds. The Morgan fingerprint density at radius 1 is 1.57 bits per heavy atom. The monoisotopic (exact) mass is 190 g/mol. The molecule has 0 saturated carbocycles. The molecule has 1 rings (SSSR count). The van der Waals surface area contributed by atoms with Crippen LogP contribution < -0.4 is 16.8 Å². The summed E-state index contributed by atoms with van der Waals surface area (Å²) >= 11 is 0. The first-order valence-electron chi connectivity index (χ1n) is 4.30. The van der Waals surface area contributed by atoms with Crippen molar-refractivity contribution in [2.24, 2.45) is 5.73 Å². The van der Waals surface area contributed by atoms with Crippen LogP contribution in [0.2, 0.25) is 0 Å². The van der Waals surface area contributed by atoms with E-state index in [-0.39, 0.29) is 0 Å². The lowest BCUT2D eigenvalue weighted by Crippen LogP contribution is -2.04. The molecule has 4 nitrogen and oxygen atoms in total. The quantitative estimate of drug-likeness (QED) is 0.630. The Bertz CT molecular complexity index is 355. The number of aromatic nitrogens is 1. The zero-order valence-electron chi connectivity index (χ0n) is 8.07. The number of nitrogen functional groups attached to an aromatic ring is 1.